The number of nitrogens with one attached hydrogen (secondary N) is 1. The summed E-state index contributed by atoms with van der Waals surface area (Å²) >= 11 is 1.92. The molecule has 2 aromatic rings. The van der Waals surface area contributed by atoms with E-state index in [9.17, 15) is 0 Å². The molecule has 1 N–H and O–H groups in total. The fourth-order valence-corrected chi connectivity index (χ4v) is 3.86. The van der Waals surface area contributed by atoms with Crippen molar-refractivity contribution in [2.24, 2.45) is 0 Å². The minimum Gasteiger partial charge on any atom is -0.324 e. The molecule has 1 aromatic heterocycles. The third-order valence-electron chi connectivity index (χ3n) is 3.79. The molecule has 0 saturated heterocycles. The van der Waals surface area contributed by atoms with Crippen LogP contribution in [-0.2, 0) is 0 Å². The van der Waals surface area contributed by atoms with Crippen LogP contribution in [-0.4, -0.2) is 15.2 Å². The predicted octanol–water partition coefficient (Wildman–Crippen LogP) is 4.95. The summed E-state index contributed by atoms with van der Waals surface area (Å²) in [4.78, 5) is 9.09. The molecule has 110 valence electrons. The number of anilines is 2. The Morgan fingerprint density at radius 1 is 1.10 bits per heavy atom. The topological polar surface area (TPSA) is 37.8 Å². The summed E-state index contributed by atoms with van der Waals surface area (Å²) in [5.74, 6) is 0.685. The van der Waals surface area contributed by atoms with Crippen LogP contribution in [0.25, 0.3) is 0 Å². The van der Waals surface area contributed by atoms with Gasteiger partial charge in [0.15, 0.2) is 0 Å². The molecule has 1 aliphatic carbocycles. The van der Waals surface area contributed by atoms with Crippen LogP contribution in [0.4, 0.5) is 11.6 Å². The van der Waals surface area contributed by atoms with Gasteiger partial charge in [-0.05, 0) is 37.5 Å². The van der Waals surface area contributed by atoms with Gasteiger partial charge in [0.1, 0.15) is 5.03 Å². The van der Waals surface area contributed by atoms with E-state index in [-0.39, 0.29) is 0 Å². The van der Waals surface area contributed by atoms with Crippen molar-refractivity contribution in [1.29, 1.82) is 0 Å². The van der Waals surface area contributed by atoms with E-state index in [0.717, 1.165) is 16.0 Å². The molecule has 0 radical (unpaired) electrons. The largest absolute Gasteiger partial charge is 0.324 e. The molecule has 3 nitrogen and oxygen atoms in total. The van der Waals surface area contributed by atoms with Gasteiger partial charge in [0.25, 0.3) is 0 Å². The Balaban J connectivity index is 1.73. The minimum atomic E-state index is 0.685. The minimum absolute atomic E-state index is 0.685. The molecule has 1 fully saturated rings. The summed E-state index contributed by atoms with van der Waals surface area (Å²) < 4.78 is 0. The highest BCUT2D eigenvalue weighted by molar-refractivity contribution is 7.99. The van der Waals surface area contributed by atoms with Crippen LogP contribution >= 0.6 is 11.8 Å². The first kappa shape index (κ1) is 14.4. The first-order chi connectivity index (χ1) is 10.3. The first-order valence-electron chi connectivity index (χ1n) is 7.63. The Labute approximate surface area is 130 Å². The van der Waals surface area contributed by atoms with Crippen molar-refractivity contribution < 1.29 is 0 Å². The standard InChI is InChI=1S/C17H21N3S/c1-13-12-18-17(19-14-8-4-2-5-9-14)20-16(13)21-15-10-6-3-7-11-15/h2,4-5,8-9,12,15H,3,6-7,10-11H2,1H3,(H,18,19,20). The maximum absolute atomic E-state index is 4.70. The summed E-state index contributed by atoms with van der Waals surface area (Å²) in [5, 5.41) is 5.11. The number of aromatic nitrogens is 2. The van der Waals surface area contributed by atoms with E-state index in [0.29, 0.717) is 5.95 Å². The number of nitrogens with zero attached hydrogens (tertiary/aromatic N) is 2. The Morgan fingerprint density at radius 2 is 1.86 bits per heavy atom. The molecule has 1 saturated carbocycles. The fourth-order valence-electron chi connectivity index (χ4n) is 2.60. The molecular weight excluding hydrogens is 278 g/mol. The van der Waals surface area contributed by atoms with Gasteiger partial charge in [-0.3, -0.25) is 0 Å². The van der Waals surface area contributed by atoms with E-state index < -0.39 is 0 Å². The quantitative estimate of drug-likeness (QED) is 0.810. The van der Waals surface area contributed by atoms with Crippen molar-refractivity contribution in [3.8, 4) is 0 Å². The van der Waals surface area contributed by atoms with E-state index in [1.54, 1.807) is 0 Å². The van der Waals surface area contributed by atoms with Gasteiger partial charge in [-0.15, -0.1) is 11.8 Å². The highest BCUT2D eigenvalue weighted by Gasteiger charge is 2.17. The third kappa shape index (κ3) is 3.97. The van der Waals surface area contributed by atoms with E-state index in [2.05, 4.69) is 17.2 Å². The summed E-state index contributed by atoms with van der Waals surface area (Å²) in [5.41, 5.74) is 2.19. The lowest BCUT2D eigenvalue weighted by Gasteiger charge is -2.21. The Morgan fingerprint density at radius 3 is 2.62 bits per heavy atom. The molecule has 1 aromatic carbocycles. The Bertz CT molecular complexity index is 580. The third-order valence-corrected chi connectivity index (χ3v) is 5.23. The number of thioether (sulfide) groups is 1. The first-order valence-corrected chi connectivity index (χ1v) is 8.51. The van der Waals surface area contributed by atoms with Crippen molar-refractivity contribution in [2.75, 3.05) is 5.32 Å². The lowest BCUT2D eigenvalue weighted by molar-refractivity contribution is 0.515. The lowest BCUT2D eigenvalue weighted by Crippen LogP contribution is -2.09. The average Bonchev–Trinajstić information content (AvgIpc) is 2.53. The number of benzene rings is 1. The van der Waals surface area contributed by atoms with Crippen molar-refractivity contribution in [3.05, 3.63) is 42.1 Å². The zero-order chi connectivity index (χ0) is 14.5. The molecule has 0 spiro atoms. The van der Waals surface area contributed by atoms with Gasteiger partial charge < -0.3 is 5.32 Å². The summed E-state index contributed by atoms with van der Waals surface area (Å²) in [6.07, 6.45) is 8.66. The van der Waals surface area contributed by atoms with Gasteiger partial charge in [0.05, 0.1) is 0 Å². The van der Waals surface area contributed by atoms with Crippen LogP contribution in [0.2, 0.25) is 0 Å². The fraction of sp³-hybridized carbons (Fsp3) is 0.412. The zero-order valence-electron chi connectivity index (χ0n) is 12.4. The normalized spacial score (nSPS) is 15.9. The molecule has 4 heteroatoms. The molecular formula is C17H21N3S. The van der Waals surface area contributed by atoms with E-state index in [1.165, 1.54) is 37.7 Å². The van der Waals surface area contributed by atoms with Crippen molar-refractivity contribution in [2.45, 2.75) is 49.3 Å². The van der Waals surface area contributed by atoms with Gasteiger partial charge in [-0.2, -0.15) is 0 Å². The summed E-state index contributed by atoms with van der Waals surface area (Å²) in [6, 6.07) is 10.1. The molecule has 0 amide bonds. The van der Waals surface area contributed by atoms with Crippen molar-refractivity contribution >= 4 is 23.4 Å². The SMILES string of the molecule is Cc1cnc(Nc2ccccc2)nc1SC1CCCCC1. The van der Waals surface area contributed by atoms with Gasteiger partial charge in [0, 0.05) is 17.1 Å². The number of aryl methyl sites for hydroxylation is 1. The number of hydrogen-bond donors (Lipinski definition) is 1. The Kier molecular flexibility index (Phi) is 4.76. The summed E-state index contributed by atoms with van der Waals surface area (Å²) in [7, 11) is 0. The van der Waals surface area contributed by atoms with Gasteiger partial charge in [-0.1, -0.05) is 37.5 Å². The maximum Gasteiger partial charge on any atom is 0.228 e. The highest BCUT2D eigenvalue weighted by Crippen LogP contribution is 2.34. The molecule has 0 atom stereocenters. The lowest BCUT2D eigenvalue weighted by atomic mass is 10.0. The maximum atomic E-state index is 4.70. The molecule has 0 unspecified atom stereocenters. The smallest absolute Gasteiger partial charge is 0.228 e. The van der Waals surface area contributed by atoms with Crippen molar-refractivity contribution in [1.82, 2.24) is 9.97 Å². The van der Waals surface area contributed by atoms with Crippen LogP contribution in [0, 0.1) is 6.92 Å². The number of para-hydroxylation sites is 1. The second-order valence-corrected chi connectivity index (χ2v) is 6.84. The van der Waals surface area contributed by atoms with E-state index in [4.69, 9.17) is 4.98 Å². The molecule has 1 aliphatic rings. The van der Waals surface area contributed by atoms with E-state index in [1.807, 2.05) is 48.3 Å². The van der Waals surface area contributed by atoms with E-state index >= 15 is 0 Å². The molecule has 3 rings (SSSR count). The monoisotopic (exact) mass is 299 g/mol. The second kappa shape index (κ2) is 6.94. The van der Waals surface area contributed by atoms with Gasteiger partial charge in [0.2, 0.25) is 5.95 Å². The van der Waals surface area contributed by atoms with Crippen LogP contribution in [0.1, 0.15) is 37.7 Å². The summed E-state index contributed by atoms with van der Waals surface area (Å²) in [6.45, 7) is 2.09. The zero-order valence-corrected chi connectivity index (χ0v) is 13.2. The van der Waals surface area contributed by atoms with Crippen LogP contribution < -0.4 is 5.32 Å². The highest BCUT2D eigenvalue weighted by atomic mass is 32.2. The van der Waals surface area contributed by atoms with Crippen LogP contribution in [0.15, 0.2) is 41.6 Å². The molecule has 0 bridgehead atoms. The van der Waals surface area contributed by atoms with Crippen LogP contribution in [0.5, 0.6) is 0 Å². The number of hydrogen-bond acceptors (Lipinski definition) is 4. The Hall–Kier alpha value is -1.55. The van der Waals surface area contributed by atoms with Crippen LogP contribution in [0.3, 0.4) is 0 Å². The average molecular weight is 299 g/mol. The van der Waals surface area contributed by atoms with Gasteiger partial charge in [-0.25, -0.2) is 9.97 Å². The molecule has 21 heavy (non-hydrogen) atoms. The van der Waals surface area contributed by atoms with Gasteiger partial charge >= 0.3 is 0 Å². The molecule has 1 heterocycles. The second-order valence-electron chi connectivity index (χ2n) is 5.55. The molecule has 0 aliphatic heterocycles. The number of rotatable bonds is 4. The van der Waals surface area contributed by atoms with Crippen molar-refractivity contribution in [3.63, 3.8) is 0 Å². The predicted molar refractivity (Wildman–Crippen MR) is 89.2 cm³/mol.